The molecule has 0 bridgehead atoms. The molecule has 2 amide bonds. The normalized spacial score (nSPS) is 29.0. The molecule has 16 N–H and O–H groups in total. The van der Waals surface area contributed by atoms with Crippen LogP contribution in [-0.4, -0.2) is 189 Å². The number of aliphatic carboxylic acids is 2. The highest BCUT2D eigenvalue weighted by Gasteiger charge is 2.54. The number of nitrogens with one attached hydrogen (secondary N) is 6. The highest BCUT2D eigenvalue weighted by molar-refractivity contribution is 5.91. The van der Waals surface area contributed by atoms with E-state index >= 15 is 0 Å². The fourth-order valence-electron chi connectivity index (χ4n) is 7.52. The Morgan fingerprint density at radius 3 is 2.22 bits per heavy atom. The molecule has 0 radical (unpaired) electrons. The summed E-state index contributed by atoms with van der Waals surface area (Å²) in [4.78, 5) is 82.9. The zero-order valence-electron chi connectivity index (χ0n) is 35.5. The van der Waals surface area contributed by atoms with Gasteiger partial charge in [0.1, 0.15) is 66.9 Å². The van der Waals surface area contributed by atoms with Crippen LogP contribution in [0, 0.1) is 11.8 Å². The summed E-state index contributed by atoms with van der Waals surface area (Å²) in [5.74, 6) is -5.33. The van der Waals surface area contributed by atoms with Crippen LogP contribution in [0.2, 0.25) is 0 Å². The van der Waals surface area contributed by atoms with Crippen molar-refractivity contribution in [1.82, 2.24) is 36.1 Å². The maximum atomic E-state index is 13.9. The van der Waals surface area contributed by atoms with Gasteiger partial charge < -0.3 is 82.3 Å². The molecule has 26 nitrogen and oxygen atoms in total. The number of carbonyl (C=O) groups is 4. The molecule has 0 saturated carbocycles. The maximum Gasteiger partial charge on any atom is 0.330 e. The fourth-order valence-corrected chi connectivity index (χ4v) is 7.52. The molecule has 26 heteroatoms. The second-order valence-electron chi connectivity index (χ2n) is 16.2. The molecule has 0 spiro atoms. The van der Waals surface area contributed by atoms with Gasteiger partial charge in [0.25, 0.3) is 5.56 Å². The number of nitrogens with zero attached hydrogens (tertiary/aromatic N) is 2. The van der Waals surface area contributed by atoms with Crippen molar-refractivity contribution in [3.63, 3.8) is 0 Å². The first-order valence-corrected chi connectivity index (χ1v) is 20.5. The summed E-state index contributed by atoms with van der Waals surface area (Å²) < 4.78 is 23.8. The van der Waals surface area contributed by atoms with Crippen LogP contribution in [0.1, 0.15) is 46.8 Å². The van der Waals surface area contributed by atoms with Crippen LogP contribution in [0.3, 0.4) is 0 Å². The van der Waals surface area contributed by atoms with E-state index in [2.05, 4.69) is 31.6 Å². The molecular formula is C37H62N10O16. The Labute approximate surface area is 361 Å². The third-order valence-electron chi connectivity index (χ3n) is 11.1. The van der Waals surface area contributed by atoms with E-state index in [-0.39, 0.29) is 45.0 Å². The maximum absolute atomic E-state index is 13.9. The summed E-state index contributed by atoms with van der Waals surface area (Å²) in [5.41, 5.74) is 9.84. The van der Waals surface area contributed by atoms with Crippen molar-refractivity contribution in [1.29, 1.82) is 0 Å². The molecule has 0 unspecified atom stereocenters. The minimum atomic E-state index is -1.89. The Hall–Kier alpha value is -4.61. The monoisotopic (exact) mass is 902 g/mol. The summed E-state index contributed by atoms with van der Waals surface area (Å²) in [5, 5.41) is 78.0. The van der Waals surface area contributed by atoms with Crippen molar-refractivity contribution in [2.45, 2.75) is 132 Å². The van der Waals surface area contributed by atoms with Gasteiger partial charge in [-0.1, -0.05) is 27.7 Å². The SMILES string of the molecule is CO[C@H]1[C@H](O[C@H]([C@H]2O[C@@H](n3ccc(=O)[nH]c3=O)[C@H](O)[C@@H]2O)[C@H](NCCCNC(=O)[C@@H](NC(=O)[C@@H](N[C@H](C(=O)O)C(C)C)[C@@H]2CCN=C(N)N2)[C@@H](O)C(C)C)C(=O)O)O[C@H](CN)[C@H]1O. The van der Waals surface area contributed by atoms with Gasteiger partial charge in [0, 0.05) is 39.0 Å². The number of nitrogens with two attached hydrogens (primary N) is 2. The molecule has 2 fully saturated rings. The van der Waals surface area contributed by atoms with E-state index in [1.165, 1.54) is 7.11 Å². The molecule has 0 aromatic carbocycles. The molecule has 3 aliphatic heterocycles. The fraction of sp³-hybridized carbons (Fsp3) is 0.757. The van der Waals surface area contributed by atoms with Gasteiger partial charge in [-0.2, -0.15) is 0 Å². The van der Waals surface area contributed by atoms with Crippen LogP contribution in [-0.2, 0) is 38.1 Å². The third kappa shape index (κ3) is 12.6. The first-order chi connectivity index (χ1) is 29.7. The number of aromatic nitrogens is 2. The van der Waals surface area contributed by atoms with Gasteiger partial charge in [-0.05, 0) is 31.2 Å². The number of aliphatic hydroxyl groups is 4. The second kappa shape index (κ2) is 22.8. The van der Waals surface area contributed by atoms with Crippen LogP contribution in [0.5, 0.6) is 0 Å². The van der Waals surface area contributed by atoms with E-state index in [1.807, 2.05) is 4.98 Å². The molecule has 15 atom stereocenters. The number of carboxylic acids is 2. The Bertz CT molecular complexity index is 1870. The molecule has 1 aromatic heterocycles. The third-order valence-corrected chi connectivity index (χ3v) is 11.1. The van der Waals surface area contributed by atoms with E-state index in [9.17, 15) is 59.4 Å². The number of amides is 2. The first kappa shape index (κ1) is 51.0. The lowest BCUT2D eigenvalue weighted by molar-refractivity contribution is -0.231. The number of H-pyrrole nitrogens is 1. The number of guanidine groups is 1. The quantitative estimate of drug-likeness (QED) is 0.0454. The van der Waals surface area contributed by atoms with Crippen LogP contribution in [0.4, 0.5) is 0 Å². The number of methoxy groups -OCH3 is 1. The molecule has 3 aliphatic rings. The van der Waals surface area contributed by atoms with Crippen molar-refractivity contribution in [2.75, 3.05) is 33.3 Å². The van der Waals surface area contributed by atoms with Crippen molar-refractivity contribution in [3.05, 3.63) is 33.1 Å². The van der Waals surface area contributed by atoms with Gasteiger partial charge in [0.05, 0.1) is 12.1 Å². The van der Waals surface area contributed by atoms with Gasteiger partial charge in [-0.25, -0.2) is 4.79 Å². The topological polar surface area (TPSA) is 406 Å². The van der Waals surface area contributed by atoms with E-state index in [0.29, 0.717) is 0 Å². The minimum absolute atomic E-state index is 0.0187. The molecular weight excluding hydrogens is 840 g/mol. The highest BCUT2D eigenvalue weighted by Crippen LogP contribution is 2.35. The smallest absolute Gasteiger partial charge is 0.330 e. The lowest BCUT2D eigenvalue weighted by Gasteiger charge is -2.35. The van der Waals surface area contributed by atoms with Crippen molar-refractivity contribution in [2.24, 2.45) is 28.3 Å². The summed E-state index contributed by atoms with van der Waals surface area (Å²) in [6.07, 6.45) is -13.9. The number of aliphatic imine (C=N–C) groups is 1. The van der Waals surface area contributed by atoms with E-state index < -0.39 is 138 Å². The van der Waals surface area contributed by atoms with Gasteiger partial charge in [-0.15, -0.1) is 0 Å². The van der Waals surface area contributed by atoms with Gasteiger partial charge in [0.2, 0.25) is 11.8 Å². The molecule has 4 rings (SSSR count). The zero-order valence-corrected chi connectivity index (χ0v) is 35.5. The van der Waals surface area contributed by atoms with Crippen LogP contribution < -0.4 is 49.3 Å². The number of carbonyl (C=O) groups excluding carboxylic acids is 2. The number of hydrogen-bond acceptors (Lipinski definition) is 20. The van der Waals surface area contributed by atoms with Gasteiger partial charge >= 0.3 is 17.6 Å². The lowest BCUT2D eigenvalue weighted by Crippen LogP contribution is -2.66. The van der Waals surface area contributed by atoms with E-state index in [0.717, 1.165) is 16.8 Å². The Kier molecular flexibility index (Phi) is 18.5. The Morgan fingerprint density at radius 2 is 1.65 bits per heavy atom. The highest BCUT2D eigenvalue weighted by atomic mass is 16.7. The molecule has 4 heterocycles. The summed E-state index contributed by atoms with van der Waals surface area (Å²) in [6, 6.07) is -5.48. The summed E-state index contributed by atoms with van der Waals surface area (Å²) >= 11 is 0. The number of ether oxygens (including phenoxy) is 4. The average molecular weight is 903 g/mol. The largest absolute Gasteiger partial charge is 0.480 e. The van der Waals surface area contributed by atoms with Crippen LogP contribution in [0.25, 0.3) is 0 Å². The van der Waals surface area contributed by atoms with E-state index in [1.54, 1.807) is 27.7 Å². The predicted octanol–water partition coefficient (Wildman–Crippen LogP) is -6.60. The molecule has 2 saturated heterocycles. The van der Waals surface area contributed by atoms with Crippen molar-refractivity contribution in [3.8, 4) is 0 Å². The Morgan fingerprint density at radius 1 is 0.968 bits per heavy atom. The van der Waals surface area contributed by atoms with Crippen LogP contribution in [0.15, 0.2) is 26.8 Å². The Balaban J connectivity index is 1.50. The standard InChI is InChI=1S/C37H62N10O16/c1-14(2)19(33(55)56)45-20(16-7-11-42-36(39)43-16)31(54)46-21(23(49)15(3)4)30(53)41-10-6-9-40-22(34(57)58)27(63-35-29(60-5)24(50)17(13-38)61-35)28-25(51)26(52)32(62-28)47-12-8-18(48)44-37(47)59/h8,12,14-17,19-29,32,35,40,45,49-52H,6-7,9-11,13,38H2,1-5H3,(H,41,53)(H,46,54)(H,55,56)(H,57,58)(H3,39,42,43)(H,44,48,59)/t16-,17+,19-,20-,21-,22-,23-,24+,25-,26+,27-,28-,29+,32+,35-/m0/s1. The van der Waals surface area contributed by atoms with Gasteiger partial charge in [0.15, 0.2) is 18.5 Å². The summed E-state index contributed by atoms with van der Waals surface area (Å²) in [7, 11) is 1.23. The number of hydrogen-bond donors (Lipinski definition) is 14. The molecule has 0 aliphatic carbocycles. The van der Waals surface area contributed by atoms with Crippen LogP contribution >= 0.6 is 0 Å². The van der Waals surface area contributed by atoms with Gasteiger partial charge in [-0.3, -0.25) is 43.8 Å². The minimum Gasteiger partial charge on any atom is -0.480 e. The zero-order chi connectivity index (χ0) is 46.9. The number of rotatable bonds is 23. The van der Waals surface area contributed by atoms with E-state index in [4.69, 9.17) is 30.4 Å². The lowest BCUT2D eigenvalue weighted by atomic mass is 9.95. The first-order valence-electron chi connectivity index (χ1n) is 20.5. The molecule has 63 heavy (non-hydrogen) atoms. The molecule has 356 valence electrons. The average Bonchev–Trinajstić information content (AvgIpc) is 3.69. The summed E-state index contributed by atoms with van der Waals surface area (Å²) in [6.45, 7) is 6.29. The predicted molar refractivity (Wildman–Crippen MR) is 218 cm³/mol. The number of aliphatic hydroxyl groups excluding tert-OH is 4. The second-order valence-corrected chi connectivity index (χ2v) is 16.2. The number of carboxylic acid groups (broad SMARTS) is 2. The van der Waals surface area contributed by atoms with Crippen molar-refractivity contribution >= 4 is 29.7 Å². The van der Waals surface area contributed by atoms with Crippen molar-refractivity contribution < 1.29 is 68.8 Å². The number of aromatic amines is 1. The molecule has 1 aromatic rings.